The highest BCUT2D eigenvalue weighted by atomic mass is 35.5. The first-order valence-electron chi connectivity index (χ1n) is 11.9. The number of likely N-dealkylation sites (tertiary alicyclic amines) is 1. The average Bonchev–Trinajstić information content (AvgIpc) is 3.53. The molecule has 2 aliphatic rings. The molecule has 3 aromatic rings. The van der Waals surface area contributed by atoms with Gasteiger partial charge in [-0.25, -0.2) is 4.98 Å². The predicted octanol–water partition coefficient (Wildman–Crippen LogP) is 5.89. The summed E-state index contributed by atoms with van der Waals surface area (Å²) in [4.78, 5) is 7.06. The lowest BCUT2D eigenvalue weighted by Crippen LogP contribution is -2.39. The molecule has 0 amide bonds. The van der Waals surface area contributed by atoms with Crippen molar-refractivity contribution >= 4 is 11.6 Å². The molecule has 3 nitrogen and oxygen atoms in total. The average molecular weight is 457 g/mol. The molecule has 2 heterocycles. The maximum Gasteiger partial charge on any atom is 0.113 e. The number of aliphatic hydroxyl groups is 1. The Balaban J connectivity index is 1.21. The molecule has 0 radical (unpaired) electrons. The van der Waals surface area contributed by atoms with Crippen molar-refractivity contribution in [3.63, 3.8) is 0 Å². The second kappa shape index (κ2) is 10.1. The van der Waals surface area contributed by atoms with Crippen molar-refractivity contribution in [2.24, 2.45) is 0 Å². The Morgan fingerprint density at radius 3 is 2.42 bits per heavy atom. The number of hydrogen-bond donors (Lipinski definition) is 1. The van der Waals surface area contributed by atoms with Crippen molar-refractivity contribution in [3.8, 4) is 23.0 Å². The Kier molecular flexibility index (Phi) is 6.78. The maximum absolute atomic E-state index is 9.65. The van der Waals surface area contributed by atoms with Gasteiger partial charge in [0.25, 0.3) is 0 Å². The summed E-state index contributed by atoms with van der Waals surface area (Å²) in [6, 6.07) is 21.5. The molecule has 0 bridgehead atoms. The standard InChI is InChI=1S/C29H29ClN2O/c30-26-12-8-23(9-13-26)25-10-15-27(31-19-25)14-5-21-3-6-22(7-4-21)24-11-16-28(18-24)32-17-1-2-29(32)20-33/h3-4,6-10,12-13,15,19,24,28-29,33H,1-2,11,16-18,20H2/t24?,28?,29-/m0/s1. The number of nitrogens with zero attached hydrogens (tertiary/aromatic N) is 2. The van der Waals surface area contributed by atoms with Gasteiger partial charge in [0.1, 0.15) is 5.69 Å². The molecule has 168 valence electrons. The predicted molar refractivity (Wildman–Crippen MR) is 134 cm³/mol. The van der Waals surface area contributed by atoms with Crippen LogP contribution in [0.25, 0.3) is 11.1 Å². The van der Waals surface area contributed by atoms with Gasteiger partial charge < -0.3 is 5.11 Å². The first-order valence-corrected chi connectivity index (χ1v) is 12.3. The normalized spacial score (nSPS) is 22.8. The minimum Gasteiger partial charge on any atom is -0.395 e. The summed E-state index contributed by atoms with van der Waals surface area (Å²) < 4.78 is 0. The van der Waals surface area contributed by atoms with Gasteiger partial charge in [-0.15, -0.1) is 0 Å². The van der Waals surface area contributed by atoms with Crippen molar-refractivity contribution < 1.29 is 5.11 Å². The van der Waals surface area contributed by atoms with Crippen LogP contribution < -0.4 is 0 Å². The first-order chi connectivity index (χ1) is 16.2. The van der Waals surface area contributed by atoms with E-state index in [1.807, 2.05) is 42.6 Å². The SMILES string of the molecule is OC[C@@H]1CCCN1C1CCC(c2ccc(C#Cc3ccc(-c4ccc(Cl)cc4)cn3)cc2)C1. The van der Waals surface area contributed by atoms with Gasteiger partial charge in [-0.1, -0.05) is 47.9 Å². The fourth-order valence-electron chi connectivity index (χ4n) is 5.35. The third-order valence-electron chi connectivity index (χ3n) is 7.17. The van der Waals surface area contributed by atoms with E-state index < -0.39 is 0 Å². The van der Waals surface area contributed by atoms with Crippen molar-refractivity contribution in [2.45, 2.75) is 50.1 Å². The Bertz CT molecular complexity index is 1130. The molecule has 1 aromatic heterocycles. The molecule has 3 atom stereocenters. The van der Waals surface area contributed by atoms with Gasteiger partial charge in [0.15, 0.2) is 0 Å². The van der Waals surface area contributed by atoms with Crippen LogP contribution >= 0.6 is 11.6 Å². The molecule has 1 saturated heterocycles. The third-order valence-corrected chi connectivity index (χ3v) is 7.42. The summed E-state index contributed by atoms with van der Waals surface area (Å²) >= 11 is 5.97. The summed E-state index contributed by atoms with van der Waals surface area (Å²) in [5, 5.41) is 10.4. The van der Waals surface area contributed by atoms with E-state index in [0.29, 0.717) is 24.6 Å². The van der Waals surface area contributed by atoms with Crippen molar-refractivity contribution in [2.75, 3.05) is 13.2 Å². The number of hydrogen-bond acceptors (Lipinski definition) is 3. The fraction of sp³-hybridized carbons (Fsp3) is 0.345. The molecule has 2 fully saturated rings. The minimum absolute atomic E-state index is 0.299. The third kappa shape index (κ3) is 5.14. The van der Waals surface area contributed by atoms with Gasteiger partial charge in [-0.3, -0.25) is 4.90 Å². The van der Waals surface area contributed by atoms with Gasteiger partial charge >= 0.3 is 0 Å². The van der Waals surface area contributed by atoms with Crippen LogP contribution in [0.3, 0.4) is 0 Å². The second-order valence-corrected chi connectivity index (χ2v) is 9.63. The van der Waals surface area contributed by atoms with Crippen molar-refractivity contribution in [1.29, 1.82) is 0 Å². The Labute approximate surface area is 201 Å². The number of halogens is 1. The molecule has 5 rings (SSSR count). The van der Waals surface area contributed by atoms with E-state index in [2.05, 4.69) is 46.0 Å². The zero-order valence-electron chi connectivity index (χ0n) is 18.8. The van der Waals surface area contributed by atoms with E-state index in [1.54, 1.807) is 0 Å². The van der Waals surface area contributed by atoms with E-state index in [9.17, 15) is 5.11 Å². The Morgan fingerprint density at radius 2 is 1.70 bits per heavy atom. The first kappa shape index (κ1) is 22.2. The zero-order valence-corrected chi connectivity index (χ0v) is 19.5. The van der Waals surface area contributed by atoms with Gasteiger partial charge in [-0.05, 0) is 91.9 Å². The van der Waals surface area contributed by atoms with Gasteiger partial charge in [0.05, 0.1) is 6.61 Å². The quantitative estimate of drug-likeness (QED) is 0.497. The molecular formula is C29H29ClN2O. The van der Waals surface area contributed by atoms with Crippen LogP contribution in [0.4, 0.5) is 0 Å². The second-order valence-electron chi connectivity index (χ2n) is 9.19. The lowest BCUT2D eigenvalue weighted by Gasteiger charge is -2.29. The molecule has 4 heteroatoms. The summed E-state index contributed by atoms with van der Waals surface area (Å²) in [7, 11) is 0. The van der Waals surface area contributed by atoms with E-state index in [1.165, 1.54) is 31.2 Å². The highest BCUT2D eigenvalue weighted by molar-refractivity contribution is 6.30. The van der Waals surface area contributed by atoms with Crippen LogP contribution in [0.5, 0.6) is 0 Å². The number of benzene rings is 2. The Morgan fingerprint density at radius 1 is 0.909 bits per heavy atom. The highest BCUT2D eigenvalue weighted by Crippen LogP contribution is 2.39. The highest BCUT2D eigenvalue weighted by Gasteiger charge is 2.35. The smallest absolute Gasteiger partial charge is 0.113 e. The Hall–Kier alpha value is -2.64. The van der Waals surface area contributed by atoms with E-state index in [-0.39, 0.29) is 0 Å². The van der Waals surface area contributed by atoms with Gasteiger partial charge in [-0.2, -0.15) is 0 Å². The molecule has 2 aromatic carbocycles. The van der Waals surface area contributed by atoms with Crippen LogP contribution in [-0.2, 0) is 0 Å². The van der Waals surface area contributed by atoms with E-state index in [0.717, 1.165) is 40.4 Å². The molecule has 0 spiro atoms. The van der Waals surface area contributed by atoms with Crippen molar-refractivity contribution in [3.05, 3.63) is 88.7 Å². The van der Waals surface area contributed by atoms with Gasteiger partial charge in [0.2, 0.25) is 0 Å². The zero-order chi connectivity index (χ0) is 22.6. The van der Waals surface area contributed by atoms with Crippen molar-refractivity contribution in [1.82, 2.24) is 9.88 Å². The molecular weight excluding hydrogens is 428 g/mol. The van der Waals surface area contributed by atoms with Crippen LogP contribution in [0.15, 0.2) is 66.9 Å². The van der Waals surface area contributed by atoms with Crippen LogP contribution in [0, 0.1) is 11.8 Å². The molecule has 1 aliphatic heterocycles. The molecule has 2 unspecified atom stereocenters. The monoisotopic (exact) mass is 456 g/mol. The van der Waals surface area contributed by atoms with Crippen LogP contribution in [-0.4, -0.2) is 40.2 Å². The summed E-state index contributed by atoms with van der Waals surface area (Å²) in [5.41, 5.74) is 5.33. The summed E-state index contributed by atoms with van der Waals surface area (Å²) in [6.45, 7) is 1.44. The van der Waals surface area contributed by atoms with Crippen LogP contribution in [0.2, 0.25) is 5.02 Å². The minimum atomic E-state index is 0.299. The van der Waals surface area contributed by atoms with Gasteiger partial charge in [0, 0.05) is 34.4 Å². The summed E-state index contributed by atoms with van der Waals surface area (Å²) in [6.07, 6.45) is 7.89. The number of pyridine rings is 1. The number of aliphatic hydroxyl groups excluding tert-OH is 1. The van der Waals surface area contributed by atoms with E-state index >= 15 is 0 Å². The largest absolute Gasteiger partial charge is 0.395 e. The topological polar surface area (TPSA) is 36.4 Å². The molecule has 1 saturated carbocycles. The molecule has 1 aliphatic carbocycles. The lowest BCUT2D eigenvalue weighted by molar-refractivity contribution is 0.120. The fourth-order valence-corrected chi connectivity index (χ4v) is 5.48. The summed E-state index contributed by atoms with van der Waals surface area (Å²) in [5.74, 6) is 7.04. The maximum atomic E-state index is 9.65. The van der Waals surface area contributed by atoms with Crippen LogP contribution in [0.1, 0.15) is 54.8 Å². The lowest BCUT2D eigenvalue weighted by atomic mass is 9.96. The number of rotatable bonds is 4. The molecule has 1 N–H and O–H groups in total. The van der Waals surface area contributed by atoms with E-state index in [4.69, 9.17) is 11.6 Å². The molecule has 33 heavy (non-hydrogen) atoms. The number of aromatic nitrogens is 1.